The number of benzene rings is 2. The number of piperazine rings is 1. The summed E-state index contributed by atoms with van der Waals surface area (Å²) < 4.78 is 11.9. The third-order valence-electron chi connectivity index (χ3n) is 9.12. The summed E-state index contributed by atoms with van der Waals surface area (Å²) in [6.07, 6.45) is 13.6. The Kier molecular flexibility index (Phi) is 15.3. The Labute approximate surface area is 286 Å². The Balaban J connectivity index is 1.15. The number of ether oxygens (including phenoxy) is 2. The number of hydrogen-bond donors (Lipinski definition) is 0. The number of carbonyl (C=O) groups is 2. The minimum atomic E-state index is -0.650. The summed E-state index contributed by atoms with van der Waals surface area (Å²) >= 11 is 12.6. The molecular formula is C37H53Cl2N3O4. The topological polar surface area (TPSA) is 62.3 Å². The highest BCUT2D eigenvalue weighted by molar-refractivity contribution is 6.43. The molecule has 9 heteroatoms. The fourth-order valence-electron chi connectivity index (χ4n) is 6.42. The fourth-order valence-corrected chi connectivity index (χ4v) is 6.84. The van der Waals surface area contributed by atoms with Crippen LogP contribution in [0.4, 0.5) is 11.4 Å². The summed E-state index contributed by atoms with van der Waals surface area (Å²) in [5.41, 5.74) is 2.87. The molecular weight excluding hydrogens is 621 g/mol. The van der Waals surface area contributed by atoms with Crippen LogP contribution in [0.3, 0.4) is 0 Å². The molecule has 0 aliphatic carbocycles. The van der Waals surface area contributed by atoms with Crippen molar-refractivity contribution in [1.29, 1.82) is 0 Å². The van der Waals surface area contributed by atoms with Gasteiger partial charge >= 0.3 is 5.97 Å². The molecule has 7 nitrogen and oxygen atoms in total. The van der Waals surface area contributed by atoms with E-state index in [0.29, 0.717) is 35.9 Å². The fraction of sp³-hybridized carbons (Fsp3) is 0.622. The maximum absolute atomic E-state index is 13.0. The highest BCUT2D eigenvalue weighted by Crippen LogP contribution is 2.34. The molecule has 1 atom stereocenters. The molecule has 1 amide bonds. The maximum Gasteiger partial charge on any atom is 0.307 e. The Hall–Kier alpha value is -2.48. The number of carbonyl (C=O) groups excluding carboxylic acids is 2. The van der Waals surface area contributed by atoms with Crippen molar-refractivity contribution in [2.24, 2.45) is 0 Å². The van der Waals surface area contributed by atoms with Gasteiger partial charge in [-0.15, -0.1) is 0 Å². The zero-order valence-electron chi connectivity index (χ0n) is 27.9. The van der Waals surface area contributed by atoms with Gasteiger partial charge in [0.05, 0.1) is 28.0 Å². The first-order valence-electron chi connectivity index (χ1n) is 17.6. The van der Waals surface area contributed by atoms with E-state index in [9.17, 15) is 9.59 Å². The zero-order valence-corrected chi connectivity index (χ0v) is 29.4. The van der Waals surface area contributed by atoms with Crippen molar-refractivity contribution in [3.63, 3.8) is 0 Å². The van der Waals surface area contributed by atoms with Gasteiger partial charge in [0.1, 0.15) is 5.75 Å². The van der Waals surface area contributed by atoms with Crippen LogP contribution >= 0.6 is 23.2 Å². The number of esters is 1. The van der Waals surface area contributed by atoms with E-state index in [1.54, 1.807) is 11.8 Å². The van der Waals surface area contributed by atoms with Gasteiger partial charge in [0, 0.05) is 45.1 Å². The number of aryl methyl sites for hydroxylation is 1. The summed E-state index contributed by atoms with van der Waals surface area (Å²) in [5, 5.41) is 1.22. The maximum atomic E-state index is 13.0. The molecule has 2 aromatic carbocycles. The lowest BCUT2D eigenvalue weighted by Gasteiger charge is -2.36. The average Bonchev–Trinajstić information content (AvgIpc) is 3.05. The van der Waals surface area contributed by atoms with E-state index in [1.165, 1.54) is 38.5 Å². The molecule has 1 fully saturated rings. The predicted molar refractivity (Wildman–Crippen MR) is 189 cm³/mol. The highest BCUT2D eigenvalue weighted by Gasteiger charge is 2.30. The lowest BCUT2D eigenvalue weighted by Crippen LogP contribution is -2.46. The largest absolute Gasteiger partial charge is 0.494 e. The number of hydrogen-bond acceptors (Lipinski definition) is 6. The van der Waals surface area contributed by atoms with Crippen LogP contribution < -0.4 is 14.5 Å². The van der Waals surface area contributed by atoms with Crippen LogP contribution in [0, 0.1) is 0 Å². The Morgan fingerprint density at radius 1 is 0.848 bits per heavy atom. The smallest absolute Gasteiger partial charge is 0.307 e. The second-order valence-corrected chi connectivity index (χ2v) is 13.5. The number of nitrogens with zero attached hydrogens (tertiary/aromatic N) is 3. The molecule has 0 radical (unpaired) electrons. The van der Waals surface area contributed by atoms with Crippen LogP contribution in [0.1, 0.15) is 103 Å². The first-order chi connectivity index (χ1) is 22.4. The summed E-state index contributed by atoms with van der Waals surface area (Å²) in [6, 6.07) is 11.7. The van der Waals surface area contributed by atoms with Gasteiger partial charge in [-0.05, 0) is 62.9 Å². The van der Waals surface area contributed by atoms with Gasteiger partial charge in [0.2, 0.25) is 5.91 Å². The van der Waals surface area contributed by atoms with Gasteiger partial charge in [0.15, 0.2) is 6.23 Å². The second-order valence-electron chi connectivity index (χ2n) is 12.7. The van der Waals surface area contributed by atoms with Gasteiger partial charge < -0.3 is 14.4 Å². The number of fused-ring (bicyclic) bond motifs is 1. The predicted octanol–water partition coefficient (Wildman–Crippen LogP) is 9.06. The van der Waals surface area contributed by atoms with Gasteiger partial charge in [-0.3, -0.25) is 19.4 Å². The van der Waals surface area contributed by atoms with E-state index >= 15 is 0 Å². The lowest BCUT2D eigenvalue weighted by molar-refractivity contribution is -0.149. The first kappa shape index (κ1) is 36.4. The third kappa shape index (κ3) is 11.1. The summed E-state index contributed by atoms with van der Waals surface area (Å²) in [6.45, 7) is 9.48. The van der Waals surface area contributed by atoms with Crippen LogP contribution in [0.5, 0.6) is 5.75 Å². The number of unbranched alkanes of at least 4 members (excludes halogenated alkanes) is 9. The van der Waals surface area contributed by atoms with Crippen molar-refractivity contribution in [2.45, 2.75) is 110 Å². The van der Waals surface area contributed by atoms with Crippen LogP contribution in [-0.4, -0.2) is 62.3 Å². The van der Waals surface area contributed by atoms with Crippen molar-refractivity contribution < 1.29 is 19.1 Å². The molecule has 46 heavy (non-hydrogen) atoms. The van der Waals surface area contributed by atoms with Crippen LogP contribution in [0.15, 0.2) is 36.4 Å². The zero-order chi connectivity index (χ0) is 32.7. The first-order valence-corrected chi connectivity index (χ1v) is 18.3. The molecule has 4 rings (SSSR count). The molecule has 2 aliphatic rings. The number of anilines is 2. The van der Waals surface area contributed by atoms with Crippen molar-refractivity contribution >= 4 is 46.5 Å². The monoisotopic (exact) mass is 673 g/mol. The minimum Gasteiger partial charge on any atom is -0.494 e. The molecule has 0 N–H and O–H groups in total. The summed E-state index contributed by atoms with van der Waals surface area (Å²) in [7, 11) is 0. The third-order valence-corrected chi connectivity index (χ3v) is 9.93. The standard InChI is InChI=1S/C37H53Cl2N3O4/c1-3-4-5-6-7-8-9-10-11-17-36(44)46-29(2)42-34-28-31(20-18-30(34)19-21-35(42)43)45-27-13-12-22-40-23-25-41(26-24-40)33-16-14-15-32(38)37(33)39/h14-16,18,20,28-29H,3-13,17,19,21-27H2,1-2H3. The molecule has 0 bridgehead atoms. The van der Waals surface area contributed by atoms with E-state index < -0.39 is 6.23 Å². The average molecular weight is 675 g/mol. The van der Waals surface area contributed by atoms with E-state index in [-0.39, 0.29) is 11.9 Å². The van der Waals surface area contributed by atoms with E-state index in [1.807, 2.05) is 36.4 Å². The van der Waals surface area contributed by atoms with E-state index in [0.717, 1.165) is 87.5 Å². The Morgan fingerprint density at radius 3 is 2.30 bits per heavy atom. The number of amides is 1. The van der Waals surface area contributed by atoms with E-state index in [4.69, 9.17) is 32.7 Å². The van der Waals surface area contributed by atoms with Gasteiger partial charge in [-0.1, -0.05) is 93.6 Å². The second kappa shape index (κ2) is 19.4. The molecule has 2 aliphatic heterocycles. The van der Waals surface area contributed by atoms with Crippen LogP contribution in [-0.2, 0) is 20.7 Å². The van der Waals surface area contributed by atoms with Gasteiger partial charge in [-0.25, -0.2) is 0 Å². The molecule has 2 aromatic rings. The molecule has 1 saturated heterocycles. The van der Waals surface area contributed by atoms with Crippen molar-refractivity contribution in [3.05, 3.63) is 52.0 Å². The SMILES string of the molecule is CCCCCCCCCCCC(=O)OC(C)N1C(=O)CCc2ccc(OCCCCN3CCN(c4cccc(Cl)c4Cl)CC3)cc21. The van der Waals surface area contributed by atoms with E-state index in [2.05, 4.69) is 16.7 Å². The van der Waals surface area contributed by atoms with Gasteiger partial charge in [-0.2, -0.15) is 0 Å². The number of halogens is 2. The molecule has 0 saturated carbocycles. The normalized spacial score (nSPS) is 16.0. The highest BCUT2D eigenvalue weighted by atomic mass is 35.5. The molecule has 0 aromatic heterocycles. The molecule has 1 unspecified atom stereocenters. The molecule has 254 valence electrons. The lowest BCUT2D eigenvalue weighted by atomic mass is 10.0. The van der Waals surface area contributed by atoms with Crippen LogP contribution in [0.2, 0.25) is 10.0 Å². The van der Waals surface area contributed by atoms with Crippen molar-refractivity contribution in [1.82, 2.24) is 4.90 Å². The van der Waals surface area contributed by atoms with Crippen LogP contribution in [0.25, 0.3) is 0 Å². The summed E-state index contributed by atoms with van der Waals surface area (Å²) in [5.74, 6) is 0.474. The quantitative estimate of drug-likeness (QED) is 0.110. The Morgan fingerprint density at radius 2 is 1.57 bits per heavy atom. The number of rotatable bonds is 19. The molecule has 0 spiro atoms. The van der Waals surface area contributed by atoms with Crippen molar-refractivity contribution in [3.8, 4) is 5.75 Å². The minimum absolute atomic E-state index is 0.0225. The Bertz CT molecular complexity index is 1250. The van der Waals surface area contributed by atoms with Gasteiger partial charge in [0.25, 0.3) is 0 Å². The molecule has 2 heterocycles. The summed E-state index contributed by atoms with van der Waals surface area (Å²) in [4.78, 5) is 32.0. The van der Waals surface area contributed by atoms with Crippen molar-refractivity contribution in [2.75, 3.05) is 49.1 Å².